The van der Waals surface area contributed by atoms with Crippen molar-refractivity contribution in [3.05, 3.63) is 65.7 Å². The van der Waals surface area contributed by atoms with Gasteiger partial charge in [0.05, 0.1) is 17.9 Å². The van der Waals surface area contributed by atoms with Crippen molar-refractivity contribution in [3.8, 4) is 0 Å². The first-order valence-electron chi connectivity index (χ1n) is 12.3. The third-order valence-corrected chi connectivity index (χ3v) is 7.46. The van der Waals surface area contributed by atoms with Crippen LogP contribution in [0.4, 0.5) is 10.2 Å². The van der Waals surface area contributed by atoms with E-state index in [0.717, 1.165) is 74.7 Å². The fourth-order valence-corrected chi connectivity index (χ4v) is 5.77. The van der Waals surface area contributed by atoms with Gasteiger partial charge in [-0.05, 0) is 80.6 Å². The van der Waals surface area contributed by atoms with Crippen LogP contribution < -0.4 is 10.2 Å². The lowest BCUT2D eigenvalue weighted by Crippen LogP contribution is -2.45. The Balaban J connectivity index is 1.29. The molecule has 0 bridgehead atoms. The zero-order chi connectivity index (χ0) is 22.2. The van der Waals surface area contributed by atoms with E-state index in [2.05, 4.69) is 38.3 Å². The molecule has 0 radical (unpaired) electrons. The molecule has 7 heteroatoms. The standard InChI is InChI=1S/C26H31FN6/c27-21-6-1-4-19(16-21)23-7-3-15-32(23)26-9-8-25-29-17-24(33(25)30-26)20-5-2-14-31(18-20)22-10-12-28-13-11-22/h1,4-6,8-9,16-17,22-23,28H,2-3,7,10-15,18H2/t23-/m1/s1. The molecule has 3 aliphatic heterocycles. The van der Waals surface area contributed by atoms with Gasteiger partial charge in [-0.15, -0.1) is 5.10 Å². The monoisotopic (exact) mass is 446 g/mol. The fourth-order valence-electron chi connectivity index (χ4n) is 5.77. The maximum Gasteiger partial charge on any atom is 0.154 e. The number of fused-ring (bicyclic) bond motifs is 1. The lowest BCUT2D eigenvalue weighted by molar-refractivity contribution is 0.180. The lowest BCUT2D eigenvalue weighted by Gasteiger charge is -2.37. The van der Waals surface area contributed by atoms with Crippen LogP contribution in [0.1, 0.15) is 49.4 Å². The Labute approximate surface area is 194 Å². The highest BCUT2D eigenvalue weighted by Gasteiger charge is 2.29. The number of aromatic nitrogens is 3. The maximum absolute atomic E-state index is 13.9. The molecule has 3 aliphatic rings. The average molecular weight is 447 g/mol. The summed E-state index contributed by atoms with van der Waals surface area (Å²) in [6.07, 6.45) is 9.93. The average Bonchev–Trinajstić information content (AvgIpc) is 3.52. The third kappa shape index (κ3) is 4.04. The second-order valence-corrected chi connectivity index (χ2v) is 9.48. The lowest BCUT2D eigenvalue weighted by atomic mass is 10.00. The summed E-state index contributed by atoms with van der Waals surface area (Å²) < 4.78 is 15.9. The van der Waals surface area contributed by atoms with Crippen molar-refractivity contribution in [2.45, 2.75) is 44.2 Å². The molecule has 33 heavy (non-hydrogen) atoms. The topological polar surface area (TPSA) is 48.7 Å². The van der Waals surface area contributed by atoms with Gasteiger partial charge in [0.1, 0.15) is 11.6 Å². The van der Waals surface area contributed by atoms with Crippen LogP contribution in [0.5, 0.6) is 0 Å². The highest BCUT2D eigenvalue weighted by Crippen LogP contribution is 2.35. The number of rotatable bonds is 4. The van der Waals surface area contributed by atoms with E-state index in [-0.39, 0.29) is 11.9 Å². The minimum Gasteiger partial charge on any atom is -0.348 e. The molecule has 0 spiro atoms. The van der Waals surface area contributed by atoms with Crippen LogP contribution in [0.25, 0.3) is 11.2 Å². The highest BCUT2D eigenvalue weighted by molar-refractivity contribution is 5.67. The normalized spacial score (nSPS) is 22.8. The minimum absolute atomic E-state index is 0.155. The van der Waals surface area contributed by atoms with E-state index < -0.39 is 0 Å². The van der Waals surface area contributed by atoms with E-state index in [0.29, 0.717) is 6.04 Å². The molecule has 172 valence electrons. The van der Waals surface area contributed by atoms with Crippen molar-refractivity contribution in [2.75, 3.05) is 37.6 Å². The summed E-state index contributed by atoms with van der Waals surface area (Å²) in [6.45, 7) is 5.24. The van der Waals surface area contributed by atoms with Crippen LogP contribution in [0, 0.1) is 5.82 Å². The number of nitrogens with one attached hydrogen (secondary N) is 1. The molecule has 1 aromatic carbocycles. The zero-order valence-electron chi connectivity index (χ0n) is 19.0. The molecule has 0 aliphatic carbocycles. The van der Waals surface area contributed by atoms with Crippen LogP contribution in [-0.2, 0) is 0 Å². The van der Waals surface area contributed by atoms with Gasteiger partial charge in [-0.25, -0.2) is 13.9 Å². The number of hydrogen-bond donors (Lipinski definition) is 1. The van der Waals surface area contributed by atoms with Gasteiger partial charge < -0.3 is 10.2 Å². The number of nitrogens with zero attached hydrogens (tertiary/aromatic N) is 5. The summed E-state index contributed by atoms with van der Waals surface area (Å²) in [4.78, 5) is 9.60. The SMILES string of the molecule is Fc1cccc([C@H]2CCCN2c2ccc3ncc(C4=CCCN(C5CCNCC5)C4)n3n2)c1. The van der Waals surface area contributed by atoms with Crippen LogP contribution in [-0.4, -0.2) is 58.3 Å². The highest BCUT2D eigenvalue weighted by atomic mass is 19.1. The second kappa shape index (κ2) is 8.88. The predicted octanol–water partition coefficient (Wildman–Crippen LogP) is 4.05. The second-order valence-electron chi connectivity index (χ2n) is 9.48. The predicted molar refractivity (Wildman–Crippen MR) is 129 cm³/mol. The summed E-state index contributed by atoms with van der Waals surface area (Å²) in [7, 11) is 0. The third-order valence-electron chi connectivity index (χ3n) is 7.46. The zero-order valence-corrected chi connectivity index (χ0v) is 19.0. The first kappa shape index (κ1) is 20.8. The van der Waals surface area contributed by atoms with Crippen molar-refractivity contribution in [1.29, 1.82) is 0 Å². The number of anilines is 1. The molecule has 6 rings (SSSR count). The van der Waals surface area contributed by atoms with E-state index in [1.54, 1.807) is 12.1 Å². The Morgan fingerprint density at radius 1 is 1.03 bits per heavy atom. The largest absolute Gasteiger partial charge is 0.348 e. The molecular weight excluding hydrogens is 415 g/mol. The first-order chi connectivity index (χ1) is 16.3. The Hall–Kier alpha value is -2.77. The van der Waals surface area contributed by atoms with Gasteiger partial charge in [-0.2, -0.15) is 0 Å². The molecule has 6 nitrogen and oxygen atoms in total. The van der Waals surface area contributed by atoms with Crippen molar-refractivity contribution < 1.29 is 4.39 Å². The van der Waals surface area contributed by atoms with Gasteiger partial charge in [0.25, 0.3) is 0 Å². The molecule has 0 unspecified atom stereocenters. The van der Waals surface area contributed by atoms with Gasteiger partial charge >= 0.3 is 0 Å². The fraction of sp³-hybridized carbons (Fsp3) is 0.462. The van der Waals surface area contributed by atoms with Crippen molar-refractivity contribution >= 4 is 17.0 Å². The molecule has 2 fully saturated rings. The van der Waals surface area contributed by atoms with Gasteiger partial charge in [-0.3, -0.25) is 4.90 Å². The number of halogens is 1. The molecule has 2 aromatic heterocycles. The number of benzene rings is 1. The van der Waals surface area contributed by atoms with E-state index in [1.807, 2.05) is 16.8 Å². The molecule has 1 atom stereocenters. The van der Waals surface area contributed by atoms with E-state index in [1.165, 1.54) is 24.5 Å². The first-order valence-corrected chi connectivity index (χ1v) is 12.3. The van der Waals surface area contributed by atoms with E-state index in [4.69, 9.17) is 5.10 Å². The van der Waals surface area contributed by atoms with Crippen molar-refractivity contribution in [3.63, 3.8) is 0 Å². The number of piperidine rings is 1. The summed E-state index contributed by atoms with van der Waals surface area (Å²) in [5.41, 5.74) is 4.30. The molecular formula is C26H31FN6. The number of hydrogen-bond acceptors (Lipinski definition) is 5. The van der Waals surface area contributed by atoms with Gasteiger partial charge in [-0.1, -0.05) is 18.2 Å². The molecule has 1 N–H and O–H groups in total. The van der Waals surface area contributed by atoms with Crippen LogP contribution in [0.3, 0.4) is 0 Å². The van der Waals surface area contributed by atoms with Gasteiger partial charge in [0.2, 0.25) is 0 Å². The van der Waals surface area contributed by atoms with Crippen molar-refractivity contribution in [2.24, 2.45) is 0 Å². The number of imidazole rings is 1. The Morgan fingerprint density at radius 3 is 2.82 bits per heavy atom. The minimum atomic E-state index is -0.179. The molecule has 3 aromatic rings. The van der Waals surface area contributed by atoms with Crippen molar-refractivity contribution in [1.82, 2.24) is 24.8 Å². The smallest absolute Gasteiger partial charge is 0.154 e. The van der Waals surface area contributed by atoms with E-state index in [9.17, 15) is 4.39 Å². The molecule has 0 amide bonds. The van der Waals surface area contributed by atoms with E-state index >= 15 is 0 Å². The van der Waals surface area contributed by atoms with Gasteiger partial charge in [0, 0.05) is 25.7 Å². The Bertz CT molecular complexity index is 1160. The van der Waals surface area contributed by atoms with Gasteiger partial charge in [0.15, 0.2) is 5.65 Å². The summed E-state index contributed by atoms with van der Waals surface area (Å²) in [6, 6.07) is 11.9. The molecule has 0 saturated carbocycles. The molecule has 2 saturated heterocycles. The Kier molecular flexibility index (Phi) is 5.60. The summed E-state index contributed by atoms with van der Waals surface area (Å²) >= 11 is 0. The summed E-state index contributed by atoms with van der Waals surface area (Å²) in [5, 5.41) is 8.52. The maximum atomic E-state index is 13.9. The Morgan fingerprint density at radius 2 is 1.94 bits per heavy atom. The van der Waals surface area contributed by atoms with Crippen LogP contribution in [0.15, 0.2) is 48.7 Å². The molecule has 5 heterocycles. The van der Waals surface area contributed by atoms with Crippen LogP contribution >= 0.6 is 0 Å². The summed E-state index contributed by atoms with van der Waals surface area (Å²) in [5.74, 6) is 0.752. The van der Waals surface area contributed by atoms with Crippen LogP contribution in [0.2, 0.25) is 0 Å². The quantitative estimate of drug-likeness (QED) is 0.655.